The van der Waals surface area contributed by atoms with Crippen LogP contribution in [0.25, 0.3) is 115 Å². The zero-order valence-corrected chi connectivity index (χ0v) is 36.5. The van der Waals surface area contributed by atoms with Crippen LogP contribution in [0.1, 0.15) is 12.2 Å². The number of allylic oxidation sites excluding steroid dienone is 9. The average molecular weight is 863 g/mol. The fraction of sp³-hybridized carbons (Fsp3) is 0.0169. The molecular weight excluding hydrogens is 825 g/mol. The summed E-state index contributed by atoms with van der Waals surface area (Å²) in [6.07, 6.45) is 15.2. The number of nitrogens with zero attached hydrogens (tertiary/aromatic N) is 6. The molecule has 0 fully saturated rings. The Bertz CT molecular complexity index is 4120. The summed E-state index contributed by atoms with van der Waals surface area (Å²) in [6, 6.07) is 58.3. The lowest BCUT2D eigenvalue weighted by Gasteiger charge is -2.13. The molecule has 0 amide bonds. The van der Waals surface area contributed by atoms with E-state index in [1.807, 2.05) is 35.6 Å². The van der Waals surface area contributed by atoms with Gasteiger partial charge < -0.3 is 0 Å². The monoisotopic (exact) mass is 862 g/mol. The number of benzene rings is 7. The Hall–Kier alpha value is -8.52. The van der Waals surface area contributed by atoms with Crippen LogP contribution in [-0.4, -0.2) is 29.1 Å². The summed E-state index contributed by atoms with van der Waals surface area (Å²) in [5, 5.41) is 9.32. The van der Waals surface area contributed by atoms with E-state index in [0.717, 1.165) is 94.6 Å². The number of para-hydroxylation sites is 2. The Balaban J connectivity index is 1.05. The molecule has 0 spiro atoms. The first-order chi connectivity index (χ1) is 32.6. The Morgan fingerprint density at radius 3 is 2.03 bits per heavy atom. The van der Waals surface area contributed by atoms with Gasteiger partial charge in [-0.25, -0.2) is 9.97 Å². The van der Waals surface area contributed by atoms with Crippen molar-refractivity contribution in [1.82, 2.24) is 29.1 Å². The van der Waals surface area contributed by atoms with E-state index >= 15 is 0 Å². The Labute approximate surface area is 383 Å². The van der Waals surface area contributed by atoms with Crippen LogP contribution in [0.15, 0.2) is 218 Å². The van der Waals surface area contributed by atoms with Gasteiger partial charge >= 0.3 is 0 Å². The molecule has 1 aliphatic rings. The average Bonchev–Trinajstić information content (AvgIpc) is 4.02. The third kappa shape index (κ3) is 6.31. The largest absolute Gasteiger partial charge is 0.294 e. The zero-order valence-electron chi connectivity index (χ0n) is 35.6. The summed E-state index contributed by atoms with van der Waals surface area (Å²) < 4.78 is 7.07. The summed E-state index contributed by atoms with van der Waals surface area (Å²) in [5.74, 6) is 2.52. The number of hydrogen-bond donors (Lipinski definition) is 0. The van der Waals surface area contributed by atoms with Gasteiger partial charge in [-0.2, -0.15) is 9.97 Å². The molecule has 66 heavy (non-hydrogen) atoms. The van der Waals surface area contributed by atoms with Crippen LogP contribution < -0.4 is 0 Å². The van der Waals surface area contributed by atoms with Gasteiger partial charge in [-0.1, -0.05) is 146 Å². The van der Waals surface area contributed by atoms with E-state index in [2.05, 4.69) is 198 Å². The van der Waals surface area contributed by atoms with Crippen molar-refractivity contribution in [1.29, 1.82) is 0 Å². The van der Waals surface area contributed by atoms with Gasteiger partial charge in [0.1, 0.15) is 5.82 Å². The van der Waals surface area contributed by atoms with Gasteiger partial charge in [0, 0.05) is 58.4 Å². The summed E-state index contributed by atoms with van der Waals surface area (Å²) in [5.41, 5.74) is 8.71. The molecule has 1 aliphatic carbocycles. The maximum Gasteiger partial charge on any atom is 0.238 e. The molecule has 5 heterocycles. The quantitative estimate of drug-likeness (QED) is 0.173. The van der Waals surface area contributed by atoms with E-state index in [-0.39, 0.29) is 0 Å². The van der Waals surface area contributed by atoms with E-state index in [9.17, 15) is 0 Å². The molecule has 13 rings (SSSR count). The van der Waals surface area contributed by atoms with Crippen LogP contribution in [0.5, 0.6) is 0 Å². The van der Waals surface area contributed by atoms with Crippen LogP contribution >= 0.6 is 11.3 Å². The van der Waals surface area contributed by atoms with Crippen molar-refractivity contribution in [2.45, 2.75) is 6.42 Å². The van der Waals surface area contributed by atoms with Gasteiger partial charge in [-0.3, -0.25) is 9.13 Å². The molecule has 0 atom stereocenters. The molecule has 0 radical (unpaired) electrons. The van der Waals surface area contributed by atoms with Gasteiger partial charge in [-0.15, -0.1) is 11.3 Å². The predicted molar refractivity (Wildman–Crippen MR) is 277 cm³/mol. The molecule has 12 aromatic rings. The van der Waals surface area contributed by atoms with Crippen LogP contribution in [0.3, 0.4) is 0 Å². The zero-order chi connectivity index (χ0) is 43.7. The number of hydrogen-bond acceptors (Lipinski definition) is 5. The molecule has 0 saturated carbocycles. The molecule has 0 N–H and O–H groups in total. The summed E-state index contributed by atoms with van der Waals surface area (Å²) >= 11 is 1.83. The number of aromatic nitrogens is 6. The van der Waals surface area contributed by atoms with E-state index in [1.54, 1.807) is 0 Å². The first-order valence-electron chi connectivity index (χ1n) is 22.1. The van der Waals surface area contributed by atoms with Crippen molar-refractivity contribution >= 4 is 91.5 Å². The normalized spacial score (nSPS) is 14.8. The third-order valence-electron chi connectivity index (χ3n) is 12.7. The number of thiophene rings is 1. The molecule has 0 aliphatic heterocycles. The summed E-state index contributed by atoms with van der Waals surface area (Å²) in [6.45, 7) is 4.34. The van der Waals surface area contributed by atoms with Gasteiger partial charge in [0.05, 0.1) is 27.8 Å². The minimum atomic E-state index is 0.528. The van der Waals surface area contributed by atoms with Crippen molar-refractivity contribution < 1.29 is 0 Å². The lowest BCUT2D eigenvalue weighted by atomic mass is 10.1. The highest BCUT2D eigenvalue weighted by Gasteiger charge is 2.22. The number of fused-ring (bicyclic) bond motifs is 10. The van der Waals surface area contributed by atoms with Crippen LogP contribution in [-0.2, 0) is 0 Å². The van der Waals surface area contributed by atoms with E-state index < -0.39 is 0 Å². The van der Waals surface area contributed by atoms with E-state index in [4.69, 9.17) is 19.9 Å². The van der Waals surface area contributed by atoms with Gasteiger partial charge in [0.15, 0.2) is 11.6 Å². The maximum absolute atomic E-state index is 5.42. The van der Waals surface area contributed by atoms with Crippen molar-refractivity contribution in [2.75, 3.05) is 0 Å². The highest BCUT2D eigenvalue weighted by Crippen LogP contribution is 2.41. The Kier molecular flexibility index (Phi) is 8.82. The molecule has 6 nitrogen and oxygen atoms in total. The van der Waals surface area contributed by atoms with Crippen molar-refractivity contribution in [3.63, 3.8) is 0 Å². The van der Waals surface area contributed by atoms with Gasteiger partial charge in [0.2, 0.25) is 5.95 Å². The molecule has 5 aromatic heterocycles. The highest BCUT2D eigenvalue weighted by molar-refractivity contribution is 7.25. The van der Waals surface area contributed by atoms with Crippen LogP contribution in [0.2, 0.25) is 0 Å². The molecule has 0 saturated heterocycles. The number of rotatable bonds is 5. The van der Waals surface area contributed by atoms with Crippen molar-refractivity contribution in [3.05, 3.63) is 224 Å². The lowest BCUT2D eigenvalue weighted by molar-refractivity contribution is 0.932. The van der Waals surface area contributed by atoms with Crippen LogP contribution in [0.4, 0.5) is 0 Å². The Morgan fingerprint density at radius 2 is 1.17 bits per heavy atom. The molecule has 0 unspecified atom stereocenters. The standard InChI is InChI=1S/C59H38N6S/c1-37-16-5-3-2-4-6-19-41(32-37)57-61-58(42-29-28-38-17-7-8-18-39(38)33-42)63-59(62-57)65-51-25-13-10-21-44(51)47-35-46-43-20-9-12-24-50(43)64(52(46)36-53(47)65)56-27-15-23-49(60-56)40-30-31-55-48(34-40)45-22-11-14-26-54(45)66-55/h2-3,5-36H,1,4H2/b3-2-,16-5-,19-6-,41-32?. The van der Waals surface area contributed by atoms with Crippen molar-refractivity contribution in [2.24, 2.45) is 0 Å². The second kappa shape index (κ2) is 15.3. The lowest BCUT2D eigenvalue weighted by Crippen LogP contribution is -2.08. The van der Waals surface area contributed by atoms with Crippen molar-refractivity contribution in [3.8, 4) is 34.4 Å². The molecule has 310 valence electrons. The third-order valence-corrected chi connectivity index (χ3v) is 13.8. The highest BCUT2D eigenvalue weighted by atomic mass is 32.1. The minimum Gasteiger partial charge on any atom is -0.294 e. The first-order valence-corrected chi connectivity index (χ1v) is 22.9. The Morgan fingerprint density at radius 1 is 0.455 bits per heavy atom. The SMILES string of the molecule is C=C1C=C(c2nc(-c3ccc4ccccc4c3)nc(-n3c4ccccc4c4cc5c6ccccc6n(-c6cccc(-c7ccc8sc9ccccc9c8c7)n6)c5cc43)n2)/C=C\C/C=C\C=C/1. The van der Waals surface area contributed by atoms with Crippen LogP contribution in [0, 0.1) is 0 Å². The molecule has 0 bridgehead atoms. The summed E-state index contributed by atoms with van der Waals surface area (Å²) in [7, 11) is 0. The summed E-state index contributed by atoms with van der Waals surface area (Å²) in [4.78, 5) is 21.3. The molecule has 7 aromatic carbocycles. The topological polar surface area (TPSA) is 61.4 Å². The number of pyridine rings is 1. The fourth-order valence-electron chi connectivity index (χ4n) is 9.58. The predicted octanol–water partition coefficient (Wildman–Crippen LogP) is 15.3. The molecule has 7 heteroatoms. The fourth-order valence-corrected chi connectivity index (χ4v) is 10.7. The van der Waals surface area contributed by atoms with Gasteiger partial charge in [-0.05, 0) is 89.5 Å². The second-order valence-electron chi connectivity index (χ2n) is 16.7. The maximum atomic E-state index is 5.42. The second-order valence-corrected chi connectivity index (χ2v) is 17.8. The van der Waals surface area contributed by atoms with E-state index in [1.165, 1.54) is 20.2 Å². The smallest absolute Gasteiger partial charge is 0.238 e. The van der Waals surface area contributed by atoms with E-state index in [0.29, 0.717) is 17.6 Å². The first kappa shape index (κ1) is 38.0. The molecular formula is C59H38N6S. The van der Waals surface area contributed by atoms with Gasteiger partial charge in [0.25, 0.3) is 0 Å². The minimum absolute atomic E-state index is 0.528.